The molecule has 258 valence electrons. The SMILES string of the molecule is c1ccc(-c2ccc(-c3ccccc3N(c3ccc(-c4ccccc4)cc3)c3cccc(-c4cccc5c4ccc4c6ccccc6ccc54)c3)cc2)cc1. The lowest BCUT2D eigenvalue weighted by atomic mass is 9.92. The smallest absolute Gasteiger partial charge is 0.0540 e. The third-order valence-corrected chi connectivity index (χ3v) is 10.9. The Morgan fingerprint density at radius 3 is 1.49 bits per heavy atom. The number of fused-ring (bicyclic) bond motifs is 5. The first-order chi connectivity index (χ1) is 27.3. The fourth-order valence-electron chi connectivity index (χ4n) is 8.17. The van der Waals surface area contributed by atoms with Crippen molar-refractivity contribution >= 4 is 49.4 Å². The maximum atomic E-state index is 2.41. The van der Waals surface area contributed by atoms with Gasteiger partial charge in [0, 0.05) is 16.9 Å². The summed E-state index contributed by atoms with van der Waals surface area (Å²) in [4.78, 5) is 2.41. The van der Waals surface area contributed by atoms with Crippen molar-refractivity contribution in [2.45, 2.75) is 0 Å². The predicted octanol–water partition coefficient (Wildman–Crippen LogP) is 15.3. The quantitative estimate of drug-likeness (QED) is 0.150. The number of rotatable bonds is 7. The zero-order valence-corrected chi connectivity index (χ0v) is 30.3. The van der Waals surface area contributed by atoms with Gasteiger partial charge < -0.3 is 4.90 Å². The summed E-state index contributed by atoms with van der Waals surface area (Å²) in [5.41, 5.74) is 12.9. The molecule has 0 aliphatic heterocycles. The topological polar surface area (TPSA) is 3.24 Å². The lowest BCUT2D eigenvalue weighted by molar-refractivity contribution is 1.28. The molecule has 0 atom stereocenters. The molecule has 10 rings (SSSR count). The highest BCUT2D eigenvalue weighted by molar-refractivity contribution is 6.19. The zero-order chi connectivity index (χ0) is 36.6. The van der Waals surface area contributed by atoms with Crippen molar-refractivity contribution < 1.29 is 0 Å². The molecule has 0 aliphatic rings. The monoisotopic (exact) mass is 699 g/mol. The Balaban J connectivity index is 1.12. The Labute approximate surface area is 322 Å². The molecular formula is C54H37N. The Morgan fingerprint density at radius 2 is 0.727 bits per heavy atom. The third-order valence-electron chi connectivity index (χ3n) is 10.9. The summed E-state index contributed by atoms with van der Waals surface area (Å²) in [5, 5.41) is 7.64. The van der Waals surface area contributed by atoms with Gasteiger partial charge in [-0.1, -0.05) is 194 Å². The Morgan fingerprint density at radius 1 is 0.236 bits per heavy atom. The van der Waals surface area contributed by atoms with E-state index < -0.39 is 0 Å². The Kier molecular flexibility index (Phi) is 8.24. The molecule has 0 unspecified atom stereocenters. The minimum absolute atomic E-state index is 1.10. The molecule has 1 heteroatoms. The lowest BCUT2D eigenvalue weighted by Crippen LogP contribution is -2.11. The van der Waals surface area contributed by atoms with E-state index in [9.17, 15) is 0 Å². The minimum Gasteiger partial charge on any atom is -0.310 e. The summed E-state index contributed by atoms with van der Waals surface area (Å²) in [6.07, 6.45) is 0. The summed E-state index contributed by atoms with van der Waals surface area (Å²) in [5.74, 6) is 0. The van der Waals surface area contributed by atoms with Crippen LogP contribution in [-0.2, 0) is 0 Å². The van der Waals surface area contributed by atoms with Crippen molar-refractivity contribution in [3.05, 3.63) is 224 Å². The normalized spacial score (nSPS) is 11.3. The van der Waals surface area contributed by atoms with Crippen molar-refractivity contribution in [2.24, 2.45) is 0 Å². The Hall–Kier alpha value is -7.22. The average Bonchev–Trinajstić information content (AvgIpc) is 3.27. The van der Waals surface area contributed by atoms with Gasteiger partial charge in [0.05, 0.1) is 5.69 Å². The van der Waals surface area contributed by atoms with Crippen molar-refractivity contribution in [3.8, 4) is 44.5 Å². The van der Waals surface area contributed by atoms with Crippen LogP contribution in [0.5, 0.6) is 0 Å². The van der Waals surface area contributed by atoms with Gasteiger partial charge in [-0.3, -0.25) is 0 Å². The van der Waals surface area contributed by atoms with Crippen molar-refractivity contribution in [3.63, 3.8) is 0 Å². The molecule has 0 fully saturated rings. The first kappa shape index (κ1) is 32.4. The van der Waals surface area contributed by atoms with Gasteiger partial charge in [-0.2, -0.15) is 0 Å². The highest BCUT2D eigenvalue weighted by Gasteiger charge is 2.19. The van der Waals surface area contributed by atoms with Crippen LogP contribution in [0.2, 0.25) is 0 Å². The van der Waals surface area contributed by atoms with Crippen LogP contribution in [-0.4, -0.2) is 0 Å². The van der Waals surface area contributed by atoms with E-state index in [4.69, 9.17) is 0 Å². The summed E-state index contributed by atoms with van der Waals surface area (Å²) >= 11 is 0. The predicted molar refractivity (Wildman–Crippen MR) is 235 cm³/mol. The molecule has 0 heterocycles. The number of benzene rings is 10. The van der Waals surface area contributed by atoms with E-state index in [2.05, 4.69) is 229 Å². The van der Waals surface area contributed by atoms with Crippen LogP contribution in [0.25, 0.3) is 76.8 Å². The molecule has 0 aromatic heterocycles. The van der Waals surface area contributed by atoms with E-state index in [0.717, 1.165) is 17.1 Å². The number of para-hydroxylation sites is 1. The summed E-state index contributed by atoms with van der Waals surface area (Å²) in [6, 6.07) is 81.4. The van der Waals surface area contributed by atoms with Crippen molar-refractivity contribution in [1.82, 2.24) is 0 Å². The van der Waals surface area contributed by atoms with E-state index in [-0.39, 0.29) is 0 Å². The van der Waals surface area contributed by atoms with E-state index >= 15 is 0 Å². The number of nitrogens with zero attached hydrogens (tertiary/aromatic N) is 1. The fourth-order valence-corrected chi connectivity index (χ4v) is 8.17. The van der Waals surface area contributed by atoms with E-state index in [0.29, 0.717) is 0 Å². The third kappa shape index (κ3) is 6.02. The second kappa shape index (κ2) is 14.0. The molecule has 0 N–H and O–H groups in total. The molecule has 0 spiro atoms. The maximum Gasteiger partial charge on any atom is 0.0540 e. The highest BCUT2D eigenvalue weighted by atomic mass is 15.1. The van der Waals surface area contributed by atoms with Gasteiger partial charge in [0.25, 0.3) is 0 Å². The van der Waals surface area contributed by atoms with Crippen LogP contribution in [0, 0.1) is 0 Å². The molecule has 55 heavy (non-hydrogen) atoms. The zero-order valence-electron chi connectivity index (χ0n) is 30.3. The molecule has 0 aliphatic carbocycles. The number of anilines is 3. The number of hydrogen-bond donors (Lipinski definition) is 0. The maximum absolute atomic E-state index is 2.41. The first-order valence-electron chi connectivity index (χ1n) is 18.9. The average molecular weight is 700 g/mol. The van der Waals surface area contributed by atoms with Crippen LogP contribution in [0.3, 0.4) is 0 Å². The summed E-state index contributed by atoms with van der Waals surface area (Å²) < 4.78 is 0. The molecule has 0 saturated carbocycles. The van der Waals surface area contributed by atoms with Crippen LogP contribution in [0.1, 0.15) is 0 Å². The van der Waals surface area contributed by atoms with Gasteiger partial charge in [0.2, 0.25) is 0 Å². The van der Waals surface area contributed by atoms with Crippen LogP contribution < -0.4 is 4.90 Å². The van der Waals surface area contributed by atoms with Crippen LogP contribution >= 0.6 is 0 Å². The van der Waals surface area contributed by atoms with Gasteiger partial charge in [-0.05, 0) is 102 Å². The van der Waals surface area contributed by atoms with Crippen LogP contribution in [0.15, 0.2) is 224 Å². The molecular weight excluding hydrogens is 663 g/mol. The second-order valence-corrected chi connectivity index (χ2v) is 14.1. The molecule has 0 bridgehead atoms. The van der Waals surface area contributed by atoms with Gasteiger partial charge in [-0.15, -0.1) is 0 Å². The second-order valence-electron chi connectivity index (χ2n) is 14.1. The standard InChI is InChI=1S/C54H37N/c1-3-13-38(14-4-1)40-25-27-43(28-26-40)49-21-9-10-24-54(49)55(45-32-29-41(30-33-45)39-15-5-2-6-16-39)46-19-11-18-44(37-46)48-22-12-23-50-52(48)36-35-51-47-20-8-7-17-42(47)31-34-53(50)51/h1-37H. The largest absolute Gasteiger partial charge is 0.310 e. The van der Waals surface area contributed by atoms with Gasteiger partial charge in [0.1, 0.15) is 0 Å². The minimum atomic E-state index is 1.10. The molecule has 0 radical (unpaired) electrons. The van der Waals surface area contributed by atoms with Crippen molar-refractivity contribution in [2.75, 3.05) is 4.90 Å². The summed E-state index contributed by atoms with van der Waals surface area (Å²) in [6.45, 7) is 0. The summed E-state index contributed by atoms with van der Waals surface area (Å²) in [7, 11) is 0. The van der Waals surface area contributed by atoms with E-state index in [1.54, 1.807) is 0 Å². The Bertz CT molecular complexity index is 2950. The van der Waals surface area contributed by atoms with E-state index in [1.165, 1.54) is 76.8 Å². The van der Waals surface area contributed by atoms with Gasteiger partial charge >= 0.3 is 0 Å². The molecule has 0 saturated heterocycles. The first-order valence-corrected chi connectivity index (χ1v) is 18.9. The van der Waals surface area contributed by atoms with Gasteiger partial charge in [-0.25, -0.2) is 0 Å². The van der Waals surface area contributed by atoms with Crippen LogP contribution in [0.4, 0.5) is 17.1 Å². The number of hydrogen-bond acceptors (Lipinski definition) is 1. The fraction of sp³-hybridized carbons (Fsp3) is 0. The molecule has 0 amide bonds. The van der Waals surface area contributed by atoms with E-state index in [1.807, 2.05) is 0 Å². The lowest BCUT2D eigenvalue weighted by Gasteiger charge is -2.28. The van der Waals surface area contributed by atoms with Crippen molar-refractivity contribution in [1.29, 1.82) is 0 Å². The van der Waals surface area contributed by atoms with Gasteiger partial charge in [0.15, 0.2) is 0 Å². The highest BCUT2D eigenvalue weighted by Crippen LogP contribution is 2.44. The molecule has 10 aromatic carbocycles. The molecule has 1 nitrogen and oxygen atoms in total. The molecule has 10 aromatic rings.